The number of aliphatic hydroxyl groups is 1. The SMILES string of the molecule is CCc1cccc2cc(O)cc(-c3ncc4c(N5CC6CCC(C5)N6)nc(OCCN5CCC(C6CN(c7cc(C(C(=O)N8C[C@H](O)C[C@H]8C(=O)NC(C)c8ccc(-c9scnc9C)cc8)C(C)C)on7)C6)CC5)nc4c3F)c12. The number of ether oxygens (including phenoxy) is 1. The number of aromatic hydroxyl groups is 1. The molecule has 4 N–H and O–H groups in total. The van der Waals surface area contributed by atoms with Crippen molar-refractivity contribution in [3.05, 3.63) is 101 Å². The van der Waals surface area contributed by atoms with E-state index >= 15 is 4.39 Å². The Morgan fingerprint density at radius 2 is 1.71 bits per heavy atom. The minimum Gasteiger partial charge on any atom is -0.508 e. The molecule has 19 heteroatoms. The number of nitrogens with one attached hydrogen (secondary N) is 2. The highest BCUT2D eigenvalue weighted by molar-refractivity contribution is 7.13. The van der Waals surface area contributed by atoms with Crippen molar-refractivity contribution in [2.24, 2.45) is 17.8 Å². The average molecular weight is 1090 g/mol. The number of anilines is 2. The third kappa shape index (κ3) is 10.5. The molecule has 17 nitrogen and oxygen atoms in total. The maximum Gasteiger partial charge on any atom is 0.319 e. The number of benzene rings is 3. The lowest BCUT2D eigenvalue weighted by molar-refractivity contribution is -0.141. The van der Waals surface area contributed by atoms with Crippen LogP contribution in [0.3, 0.4) is 0 Å². The van der Waals surface area contributed by atoms with Crippen molar-refractivity contribution in [3.8, 4) is 33.5 Å². The number of carbonyl (C=O) groups is 2. The van der Waals surface area contributed by atoms with Gasteiger partial charge in [-0.05, 0) is 116 Å². The van der Waals surface area contributed by atoms with Crippen LogP contribution in [-0.2, 0) is 16.0 Å². The zero-order valence-corrected chi connectivity index (χ0v) is 46.4. The fraction of sp³-hybridized carbons (Fsp3) is 0.483. The maximum absolute atomic E-state index is 17.1. The molecule has 5 saturated heterocycles. The number of hydrogen-bond donors (Lipinski definition) is 4. The van der Waals surface area contributed by atoms with Crippen LogP contribution in [0.2, 0.25) is 0 Å². The summed E-state index contributed by atoms with van der Waals surface area (Å²) in [6.45, 7) is 16.0. The second-order valence-corrected chi connectivity index (χ2v) is 23.8. The number of β-amino-alcohol motifs (C(OH)–C–C–N with tert-alkyl or cyclic N) is 1. The molecule has 2 bridgehead atoms. The van der Waals surface area contributed by atoms with Crippen LogP contribution in [0.1, 0.15) is 94.3 Å². The van der Waals surface area contributed by atoms with Gasteiger partial charge in [0.15, 0.2) is 17.4 Å². The van der Waals surface area contributed by atoms with Crippen LogP contribution in [0.25, 0.3) is 43.4 Å². The third-order valence-corrected chi connectivity index (χ3v) is 18.4. The molecule has 414 valence electrons. The number of aromatic nitrogens is 5. The fourth-order valence-electron chi connectivity index (χ4n) is 13.1. The molecule has 6 atom stereocenters. The van der Waals surface area contributed by atoms with Crippen molar-refractivity contribution in [2.45, 2.75) is 109 Å². The first-order valence-corrected chi connectivity index (χ1v) is 29.1. The van der Waals surface area contributed by atoms with Crippen LogP contribution in [0.15, 0.2) is 76.9 Å². The Labute approximate surface area is 463 Å². The summed E-state index contributed by atoms with van der Waals surface area (Å²) in [6.07, 6.45) is 6.01. The van der Waals surface area contributed by atoms with E-state index in [1.54, 1.807) is 29.7 Å². The van der Waals surface area contributed by atoms with Gasteiger partial charge in [-0.3, -0.25) is 19.5 Å². The predicted octanol–water partition coefficient (Wildman–Crippen LogP) is 8.42. The molecule has 0 spiro atoms. The first kappa shape index (κ1) is 52.9. The second kappa shape index (κ2) is 22.0. The molecule has 9 heterocycles. The first-order chi connectivity index (χ1) is 38.3. The molecule has 79 heavy (non-hydrogen) atoms. The lowest BCUT2D eigenvalue weighted by Gasteiger charge is -2.46. The Hall–Kier alpha value is -6.80. The molecule has 12 rings (SSSR count). The highest BCUT2D eigenvalue weighted by Gasteiger charge is 2.45. The Morgan fingerprint density at radius 1 is 0.937 bits per heavy atom. The number of piperidine rings is 1. The molecule has 0 aliphatic carbocycles. The summed E-state index contributed by atoms with van der Waals surface area (Å²) in [6, 6.07) is 18.8. The minimum atomic E-state index is -0.820. The number of rotatable bonds is 16. The van der Waals surface area contributed by atoms with Gasteiger partial charge in [-0.1, -0.05) is 68.4 Å². The standard InChI is InChI=1S/C60H70FN11O6S/c1-6-36-8-7-9-40-22-44(73)23-46(52(36)40)54-53(61)55-47(26-62-54)57(71-29-42-14-15-43(30-71)65-42)67-60(66-55)77-21-20-69-18-16-38(17-19-69)41-27-70(28-41)50-25-49(78-68-50)51(33(2)3)59(76)72-31-45(74)24-48(72)58(75)64-34(4)37-10-12-39(13-11-37)56-35(5)63-32-79-56/h7-13,22-23,25-26,32-34,38,41-43,45,48,51,65,73-74H,6,14-21,24,27-31H2,1-5H3,(H,64,75)/t34?,42?,43?,45-,48+,51?/m1/s1. The number of phenolic OH excluding ortho intramolecular Hbond substituents is 1. The van der Waals surface area contributed by atoms with Crippen molar-refractivity contribution in [2.75, 3.05) is 68.8 Å². The maximum atomic E-state index is 17.1. The molecule has 7 aromatic rings. The second-order valence-electron chi connectivity index (χ2n) is 22.9. The summed E-state index contributed by atoms with van der Waals surface area (Å²) < 4.78 is 29.4. The van der Waals surface area contributed by atoms with Crippen LogP contribution in [0.4, 0.5) is 16.0 Å². The molecule has 0 saturated carbocycles. The molecule has 3 aromatic carbocycles. The number of nitrogens with zero attached hydrogens (tertiary/aromatic N) is 9. The van der Waals surface area contributed by atoms with Crippen molar-refractivity contribution in [1.29, 1.82) is 0 Å². The van der Waals surface area contributed by atoms with Crippen molar-refractivity contribution >= 4 is 56.5 Å². The molecule has 2 amide bonds. The topological polar surface area (TPSA) is 198 Å². The lowest BCUT2D eigenvalue weighted by atomic mass is 9.79. The first-order valence-electron chi connectivity index (χ1n) is 28.2. The highest BCUT2D eigenvalue weighted by atomic mass is 32.1. The van der Waals surface area contributed by atoms with Crippen LogP contribution in [0.5, 0.6) is 11.8 Å². The van der Waals surface area contributed by atoms with Crippen molar-refractivity contribution in [1.82, 2.24) is 45.5 Å². The third-order valence-electron chi connectivity index (χ3n) is 17.4. The van der Waals surface area contributed by atoms with E-state index in [4.69, 9.17) is 24.2 Å². The number of phenols is 1. The quantitative estimate of drug-likeness (QED) is 0.0719. The Balaban J connectivity index is 0.656. The average Bonchev–Trinajstić information content (AvgIpc) is 4.27. The summed E-state index contributed by atoms with van der Waals surface area (Å²) in [5, 5.41) is 35.0. The Bertz CT molecular complexity index is 3370. The summed E-state index contributed by atoms with van der Waals surface area (Å²) in [5.74, 6) is 0.919. The molecule has 5 fully saturated rings. The summed E-state index contributed by atoms with van der Waals surface area (Å²) in [4.78, 5) is 56.5. The number of fused-ring (bicyclic) bond motifs is 4. The van der Waals surface area contributed by atoms with Gasteiger partial charge in [-0.25, -0.2) is 9.37 Å². The summed E-state index contributed by atoms with van der Waals surface area (Å²) in [7, 11) is 0. The molecular weight excluding hydrogens is 1020 g/mol. The van der Waals surface area contributed by atoms with Crippen LogP contribution in [-0.4, -0.2) is 140 Å². The predicted molar refractivity (Wildman–Crippen MR) is 303 cm³/mol. The number of halogens is 1. The van der Waals surface area contributed by atoms with Gasteiger partial charge in [0.2, 0.25) is 11.8 Å². The van der Waals surface area contributed by atoms with E-state index in [1.807, 2.05) is 81.7 Å². The van der Waals surface area contributed by atoms with E-state index in [9.17, 15) is 19.8 Å². The molecular formula is C60H70FN11O6S. The number of likely N-dealkylation sites (tertiary alicyclic amines) is 2. The normalized spacial score (nSPS) is 21.8. The number of aliphatic hydroxyl groups excluding tert-OH is 1. The van der Waals surface area contributed by atoms with E-state index < -0.39 is 23.9 Å². The monoisotopic (exact) mass is 1090 g/mol. The largest absolute Gasteiger partial charge is 0.508 e. The zero-order valence-electron chi connectivity index (χ0n) is 45.6. The number of aryl methyl sites for hydroxylation is 2. The van der Waals surface area contributed by atoms with Gasteiger partial charge in [-0.2, -0.15) is 9.97 Å². The minimum absolute atomic E-state index is 0.0408. The van der Waals surface area contributed by atoms with Gasteiger partial charge in [0.1, 0.15) is 41.3 Å². The number of piperazine rings is 1. The molecule has 0 radical (unpaired) electrons. The number of carbonyl (C=O) groups excluding carboxylic acids is 2. The molecule has 5 aliphatic rings. The van der Waals surface area contributed by atoms with Gasteiger partial charge in [0.25, 0.3) is 0 Å². The molecule has 4 unspecified atom stereocenters. The lowest BCUT2D eigenvalue weighted by Crippen LogP contribution is -2.52. The van der Waals surface area contributed by atoms with Crippen LogP contribution in [0, 0.1) is 30.5 Å². The van der Waals surface area contributed by atoms with E-state index in [2.05, 4.69) is 42.4 Å². The number of amides is 2. The molecule has 4 aromatic heterocycles. The van der Waals surface area contributed by atoms with Gasteiger partial charge in [0.05, 0.1) is 33.6 Å². The van der Waals surface area contributed by atoms with Crippen molar-refractivity contribution in [3.63, 3.8) is 0 Å². The number of hydrogen-bond acceptors (Lipinski definition) is 16. The number of thiazole rings is 1. The van der Waals surface area contributed by atoms with E-state index in [0.29, 0.717) is 65.4 Å². The fourth-order valence-corrected chi connectivity index (χ4v) is 13.9. The van der Waals surface area contributed by atoms with Crippen molar-refractivity contribution < 1.29 is 33.5 Å². The van der Waals surface area contributed by atoms with Gasteiger partial charge in [-0.15, -0.1) is 11.3 Å². The summed E-state index contributed by atoms with van der Waals surface area (Å²) >= 11 is 1.59. The van der Waals surface area contributed by atoms with Crippen LogP contribution >= 0.6 is 11.3 Å². The summed E-state index contributed by atoms with van der Waals surface area (Å²) in [5.41, 5.74) is 6.66. The Kier molecular flexibility index (Phi) is 14.7. The van der Waals surface area contributed by atoms with E-state index in [0.717, 1.165) is 109 Å². The van der Waals surface area contributed by atoms with E-state index in [-0.39, 0.29) is 59.7 Å². The van der Waals surface area contributed by atoms with Gasteiger partial charge < -0.3 is 44.8 Å². The zero-order chi connectivity index (χ0) is 54.6. The molecule has 5 aliphatic heterocycles. The van der Waals surface area contributed by atoms with Crippen LogP contribution < -0.4 is 25.2 Å². The highest BCUT2D eigenvalue weighted by Crippen LogP contribution is 2.41. The van der Waals surface area contributed by atoms with Gasteiger partial charge >= 0.3 is 6.01 Å². The number of pyridine rings is 1. The van der Waals surface area contributed by atoms with Gasteiger partial charge in [0, 0.05) is 75.6 Å². The Morgan fingerprint density at radius 3 is 2.43 bits per heavy atom. The smallest absolute Gasteiger partial charge is 0.319 e. The van der Waals surface area contributed by atoms with E-state index in [1.165, 1.54) is 4.90 Å².